The van der Waals surface area contributed by atoms with Gasteiger partial charge in [-0.05, 0) is 35.8 Å². The normalized spacial score (nSPS) is 24.1. The van der Waals surface area contributed by atoms with Crippen LogP contribution in [0.3, 0.4) is 0 Å². The summed E-state index contributed by atoms with van der Waals surface area (Å²) in [5, 5.41) is 3.88. The molecule has 0 aliphatic carbocycles. The molecule has 0 aromatic heterocycles. The first-order valence-corrected chi connectivity index (χ1v) is 7.97. The van der Waals surface area contributed by atoms with E-state index in [4.69, 9.17) is 0 Å². The van der Waals surface area contributed by atoms with Crippen molar-refractivity contribution in [3.05, 3.63) is 71.8 Å². The monoisotopic (exact) mass is 279 g/mol. The highest BCUT2D eigenvalue weighted by Crippen LogP contribution is 2.36. The maximum Gasteiger partial charge on any atom is 0.0162 e. The maximum absolute atomic E-state index is 3.88. The van der Waals surface area contributed by atoms with Gasteiger partial charge in [0.25, 0.3) is 0 Å². The lowest BCUT2D eigenvalue weighted by Crippen LogP contribution is -2.37. The molecular weight excluding hydrogens is 254 g/mol. The molecule has 2 aromatic carbocycles. The summed E-state index contributed by atoms with van der Waals surface area (Å²) in [5.41, 5.74) is 3.23. The fraction of sp³-hybridized carbons (Fsp3) is 0.400. The van der Waals surface area contributed by atoms with Crippen LogP contribution in [0.2, 0.25) is 0 Å². The third kappa shape index (κ3) is 3.54. The fourth-order valence-corrected chi connectivity index (χ4v) is 3.56. The Hall–Kier alpha value is -1.60. The van der Waals surface area contributed by atoms with Gasteiger partial charge in [0.1, 0.15) is 0 Å². The topological polar surface area (TPSA) is 12.0 Å². The van der Waals surface area contributed by atoms with E-state index in [0.717, 1.165) is 12.8 Å². The van der Waals surface area contributed by atoms with Crippen molar-refractivity contribution < 1.29 is 0 Å². The van der Waals surface area contributed by atoms with E-state index in [1.165, 1.54) is 17.5 Å². The van der Waals surface area contributed by atoms with Crippen molar-refractivity contribution >= 4 is 0 Å². The van der Waals surface area contributed by atoms with Crippen LogP contribution in [0.25, 0.3) is 0 Å². The Morgan fingerprint density at radius 1 is 0.857 bits per heavy atom. The molecule has 1 heterocycles. The lowest BCUT2D eigenvalue weighted by atomic mass is 9.80. The minimum atomic E-state index is 0.356. The van der Waals surface area contributed by atoms with Crippen LogP contribution in [0.5, 0.6) is 0 Å². The van der Waals surface area contributed by atoms with Crippen molar-refractivity contribution in [2.45, 2.75) is 45.2 Å². The highest BCUT2D eigenvalue weighted by atomic mass is 15.0. The van der Waals surface area contributed by atoms with E-state index in [1.807, 2.05) is 0 Å². The minimum absolute atomic E-state index is 0.356. The first-order chi connectivity index (χ1) is 10.1. The number of benzene rings is 2. The second-order valence-corrected chi connectivity index (χ2v) is 6.99. The van der Waals surface area contributed by atoms with Crippen LogP contribution in [-0.4, -0.2) is 12.1 Å². The van der Waals surface area contributed by atoms with Gasteiger partial charge in [0, 0.05) is 12.1 Å². The molecule has 1 saturated heterocycles. The summed E-state index contributed by atoms with van der Waals surface area (Å²) >= 11 is 0. The zero-order chi connectivity index (χ0) is 14.7. The molecule has 110 valence electrons. The predicted octanol–water partition coefficient (Wildman–Crippen LogP) is 4.23. The molecule has 2 atom stereocenters. The van der Waals surface area contributed by atoms with Gasteiger partial charge in [-0.15, -0.1) is 0 Å². The minimum Gasteiger partial charge on any atom is -0.310 e. The lowest BCUT2D eigenvalue weighted by Gasteiger charge is -2.26. The van der Waals surface area contributed by atoms with Crippen molar-refractivity contribution in [2.75, 3.05) is 0 Å². The molecule has 21 heavy (non-hydrogen) atoms. The summed E-state index contributed by atoms with van der Waals surface area (Å²) in [7, 11) is 0. The molecule has 1 N–H and O–H groups in total. The molecule has 1 heteroatoms. The second kappa shape index (κ2) is 6.03. The largest absolute Gasteiger partial charge is 0.310 e. The van der Waals surface area contributed by atoms with E-state index in [-0.39, 0.29) is 0 Å². The molecule has 2 aromatic rings. The van der Waals surface area contributed by atoms with Gasteiger partial charge >= 0.3 is 0 Å². The van der Waals surface area contributed by atoms with Gasteiger partial charge in [0.05, 0.1) is 0 Å². The highest BCUT2D eigenvalue weighted by molar-refractivity contribution is 5.20. The molecule has 0 spiro atoms. The smallest absolute Gasteiger partial charge is 0.0162 e. The summed E-state index contributed by atoms with van der Waals surface area (Å²) in [6, 6.07) is 22.8. The quantitative estimate of drug-likeness (QED) is 0.883. The van der Waals surface area contributed by atoms with E-state index in [2.05, 4.69) is 79.8 Å². The molecule has 1 fully saturated rings. The predicted molar refractivity (Wildman–Crippen MR) is 89.4 cm³/mol. The van der Waals surface area contributed by atoms with Crippen molar-refractivity contribution in [3.63, 3.8) is 0 Å². The molecule has 1 nitrogen and oxygen atoms in total. The van der Waals surface area contributed by atoms with Gasteiger partial charge in [0.15, 0.2) is 0 Å². The molecule has 3 rings (SSSR count). The van der Waals surface area contributed by atoms with Crippen LogP contribution in [0, 0.1) is 5.41 Å². The first kappa shape index (κ1) is 14.3. The van der Waals surface area contributed by atoms with Crippen LogP contribution in [0.4, 0.5) is 0 Å². The van der Waals surface area contributed by atoms with E-state index < -0.39 is 0 Å². The average Bonchev–Trinajstić information content (AvgIpc) is 2.75. The van der Waals surface area contributed by atoms with Crippen LogP contribution in [-0.2, 0) is 12.8 Å². The van der Waals surface area contributed by atoms with Crippen molar-refractivity contribution in [2.24, 2.45) is 5.41 Å². The van der Waals surface area contributed by atoms with Crippen molar-refractivity contribution in [1.29, 1.82) is 0 Å². The third-order valence-corrected chi connectivity index (χ3v) is 4.76. The molecule has 1 aliphatic heterocycles. The zero-order valence-electron chi connectivity index (χ0n) is 13.0. The molecule has 0 bridgehead atoms. The zero-order valence-corrected chi connectivity index (χ0v) is 13.0. The molecule has 0 amide bonds. The first-order valence-electron chi connectivity index (χ1n) is 7.97. The van der Waals surface area contributed by atoms with E-state index >= 15 is 0 Å². The third-order valence-electron chi connectivity index (χ3n) is 4.76. The lowest BCUT2D eigenvalue weighted by molar-refractivity contribution is 0.311. The molecular formula is C20H25N. The summed E-state index contributed by atoms with van der Waals surface area (Å²) in [5.74, 6) is 0. The van der Waals surface area contributed by atoms with Crippen LogP contribution in [0.1, 0.15) is 31.4 Å². The van der Waals surface area contributed by atoms with Crippen molar-refractivity contribution in [1.82, 2.24) is 5.32 Å². The van der Waals surface area contributed by atoms with Gasteiger partial charge in [-0.25, -0.2) is 0 Å². The number of nitrogens with one attached hydrogen (secondary N) is 1. The Kier molecular flexibility index (Phi) is 4.12. The molecule has 1 aliphatic rings. The van der Waals surface area contributed by atoms with Crippen LogP contribution < -0.4 is 5.32 Å². The highest BCUT2D eigenvalue weighted by Gasteiger charge is 2.39. The average molecular weight is 279 g/mol. The van der Waals surface area contributed by atoms with Crippen LogP contribution >= 0.6 is 0 Å². The number of hydrogen-bond acceptors (Lipinski definition) is 1. The molecule has 2 unspecified atom stereocenters. The SMILES string of the molecule is CC1(C)CC(Cc2ccccc2)NC1Cc1ccccc1. The Morgan fingerprint density at radius 3 is 1.95 bits per heavy atom. The summed E-state index contributed by atoms with van der Waals surface area (Å²) in [6.07, 6.45) is 3.51. The van der Waals surface area contributed by atoms with Crippen molar-refractivity contribution in [3.8, 4) is 0 Å². The Balaban J connectivity index is 1.66. The Labute approximate surface area is 128 Å². The number of rotatable bonds is 4. The number of hydrogen-bond donors (Lipinski definition) is 1. The van der Waals surface area contributed by atoms with Gasteiger partial charge < -0.3 is 5.32 Å². The standard InChI is InChI=1S/C20H25N/c1-20(2)15-18(13-16-9-5-3-6-10-16)21-19(20)14-17-11-7-4-8-12-17/h3-12,18-19,21H,13-15H2,1-2H3. The van der Waals surface area contributed by atoms with E-state index in [1.54, 1.807) is 0 Å². The summed E-state index contributed by atoms with van der Waals surface area (Å²) in [6.45, 7) is 4.80. The maximum atomic E-state index is 3.88. The van der Waals surface area contributed by atoms with E-state index in [9.17, 15) is 0 Å². The Bertz CT molecular complexity index is 559. The van der Waals surface area contributed by atoms with Crippen LogP contribution in [0.15, 0.2) is 60.7 Å². The van der Waals surface area contributed by atoms with Gasteiger partial charge in [-0.3, -0.25) is 0 Å². The van der Waals surface area contributed by atoms with Gasteiger partial charge in [-0.2, -0.15) is 0 Å². The van der Waals surface area contributed by atoms with E-state index in [0.29, 0.717) is 17.5 Å². The fourth-order valence-electron chi connectivity index (χ4n) is 3.56. The Morgan fingerprint density at radius 2 is 1.38 bits per heavy atom. The molecule has 0 saturated carbocycles. The second-order valence-electron chi connectivity index (χ2n) is 6.99. The van der Waals surface area contributed by atoms with Gasteiger partial charge in [-0.1, -0.05) is 74.5 Å². The molecule has 0 radical (unpaired) electrons. The summed E-state index contributed by atoms with van der Waals surface area (Å²) in [4.78, 5) is 0. The summed E-state index contributed by atoms with van der Waals surface area (Å²) < 4.78 is 0. The van der Waals surface area contributed by atoms with Gasteiger partial charge in [0.2, 0.25) is 0 Å².